The molecule has 86 valence electrons. The predicted molar refractivity (Wildman–Crippen MR) is 62.3 cm³/mol. The molecule has 1 aromatic heterocycles. The maximum Gasteiger partial charge on any atom is 0.253 e. The molecule has 0 radical (unpaired) electrons. The van der Waals surface area contributed by atoms with Crippen LogP contribution < -0.4 is 5.32 Å². The van der Waals surface area contributed by atoms with E-state index in [1.54, 1.807) is 6.07 Å². The number of nitrogens with zero attached hydrogens (tertiary/aromatic N) is 3. The number of carbonyl (C=O) groups is 1. The van der Waals surface area contributed by atoms with Gasteiger partial charge >= 0.3 is 0 Å². The molecule has 1 amide bonds. The number of carbonyl (C=O) groups excluding carboxylic acids is 1. The third-order valence-electron chi connectivity index (χ3n) is 2.95. The van der Waals surface area contributed by atoms with Crippen molar-refractivity contribution in [2.45, 2.75) is 20.0 Å². The summed E-state index contributed by atoms with van der Waals surface area (Å²) >= 11 is 0. The summed E-state index contributed by atoms with van der Waals surface area (Å²) in [7, 11) is 0. The van der Waals surface area contributed by atoms with Crippen molar-refractivity contribution in [1.82, 2.24) is 20.1 Å². The van der Waals surface area contributed by atoms with E-state index < -0.39 is 0 Å². The summed E-state index contributed by atoms with van der Waals surface area (Å²) in [5, 5.41) is 11.2. The van der Waals surface area contributed by atoms with E-state index in [-0.39, 0.29) is 5.91 Å². The van der Waals surface area contributed by atoms with E-state index in [1.165, 1.54) is 0 Å². The van der Waals surface area contributed by atoms with Crippen LogP contribution in [0.15, 0.2) is 24.3 Å². The van der Waals surface area contributed by atoms with Gasteiger partial charge in [0.25, 0.3) is 5.91 Å². The fourth-order valence-corrected chi connectivity index (χ4v) is 2.08. The van der Waals surface area contributed by atoms with Gasteiger partial charge in [-0.3, -0.25) is 9.36 Å². The lowest BCUT2D eigenvalue weighted by Gasteiger charge is -2.05. The van der Waals surface area contributed by atoms with E-state index in [4.69, 9.17) is 0 Å². The molecular weight excluding hydrogens is 216 g/mol. The fraction of sp³-hybridized carbons (Fsp3) is 0.250. The Morgan fingerprint density at radius 1 is 1.29 bits per heavy atom. The molecule has 0 spiro atoms. The second-order valence-electron chi connectivity index (χ2n) is 3.93. The summed E-state index contributed by atoms with van der Waals surface area (Å²) in [5.74, 6) is 1.58. The molecule has 3 rings (SSSR count). The van der Waals surface area contributed by atoms with E-state index in [0.29, 0.717) is 12.2 Å². The first-order valence-corrected chi connectivity index (χ1v) is 5.61. The van der Waals surface area contributed by atoms with E-state index in [1.807, 2.05) is 29.7 Å². The van der Waals surface area contributed by atoms with Crippen molar-refractivity contribution in [2.75, 3.05) is 0 Å². The summed E-state index contributed by atoms with van der Waals surface area (Å²) in [6.45, 7) is 2.45. The minimum Gasteiger partial charge on any atom is -0.334 e. The number of rotatable bonds is 1. The Balaban J connectivity index is 2.27. The molecule has 0 unspecified atom stereocenters. The van der Waals surface area contributed by atoms with Crippen molar-refractivity contribution < 1.29 is 4.79 Å². The van der Waals surface area contributed by atoms with Crippen LogP contribution in [0.3, 0.4) is 0 Å². The summed E-state index contributed by atoms with van der Waals surface area (Å²) in [6.07, 6.45) is 0.797. The van der Waals surface area contributed by atoms with Crippen LogP contribution in [0.5, 0.6) is 0 Å². The molecule has 0 saturated carbocycles. The number of aryl methyl sites for hydroxylation is 1. The Labute approximate surface area is 98.5 Å². The van der Waals surface area contributed by atoms with E-state index in [0.717, 1.165) is 23.6 Å². The maximum atomic E-state index is 11.9. The number of amides is 1. The van der Waals surface area contributed by atoms with Crippen LogP contribution in [0.4, 0.5) is 0 Å². The second-order valence-corrected chi connectivity index (χ2v) is 3.93. The van der Waals surface area contributed by atoms with Gasteiger partial charge in [-0.25, -0.2) is 0 Å². The van der Waals surface area contributed by atoms with Crippen LogP contribution >= 0.6 is 0 Å². The van der Waals surface area contributed by atoms with Gasteiger partial charge in [-0.15, -0.1) is 10.2 Å². The molecule has 17 heavy (non-hydrogen) atoms. The molecule has 0 atom stereocenters. The molecule has 5 nitrogen and oxygen atoms in total. The van der Waals surface area contributed by atoms with E-state index in [9.17, 15) is 4.79 Å². The Morgan fingerprint density at radius 3 is 2.82 bits per heavy atom. The summed E-state index contributed by atoms with van der Waals surface area (Å²) in [4.78, 5) is 11.9. The third-order valence-corrected chi connectivity index (χ3v) is 2.95. The van der Waals surface area contributed by atoms with Crippen LogP contribution in [-0.2, 0) is 13.1 Å². The molecule has 2 heterocycles. The highest BCUT2D eigenvalue weighted by Gasteiger charge is 2.22. The number of hydrogen-bond acceptors (Lipinski definition) is 3. The minimum atomic E-state index is -0.0619. The Hall–Kier alpha value is -2.17. The zero-order chi connectivity index (χ0) is 11.8. The van der Waals surface area contributed by atoms with Crippen molar-refractivity contribution in [3.63, 3.8) is 0 Å². The number of benzene rings is 1. The van der Waals surface area contributed by atoms with Crippen molar-refractivity contribution in [1.29, 1.82) is 0 Å². The Kier molecular flexibility index (Phi) is 2.18. The summed E-state index contributed by atoms with van der Waals surface area (Å²) in [6, 6.07) is 7.47. The highest BCUT2D eigenvalue weighted by Crippen LogP contribution is 2.24. The van der Waals surface area contributed by atoms with Gasteiger partial charge in [0.1, 0.15) is 5.82 Å². The lowest BCUT2D eigenvalue weighted by atomic mass is 10.1. The first kappa shape index (κ1) is 10.0. The number of nitrogens with one attached hydrogen (secondary N) is 1. The van der Waals surface area contributed by atoms with Crippen molar-refractivity contribution in [3.05, 3.63) is 35.7 Å². The Bertz CT molecular complexity index is 588. The largest absolute Gasteiger partial charge is 0.334 e. The predicted octanol–water partition coefficient (Wildman–Crippen LogP) is 1.21. The topological polar surface area (TPSA) is 59.8 Å². The molecule has 0 saturated heterocycles. The average molecular weight is 228 g/mol. The summed E-state index contributed by atoms with van der Waals surface area (Å²) in [5.41, 5.74) is 1.50. The molecule has 1 aliphatic heterocycles. The number of hydrogen-bond donors (Lipinski definition) is 1. The van der Waals surface area contributed by atoms with Crippen LogP contribution in [0.25, 0.3) is 11.4 Å². The smallest absolute Gasteiger partial charge is 0.253 e. The highest BCUT2D eigenvalue weighted by molar-refractivity contribution is 6.00. The number of aromatic nitrogens is 3. The van der Waals surface area contributed by atoms with Gasteiger partial charge in [-0.2, -0.15) is 0 Å². The van der Waals surface area contributed by atoms with E-state index >= 15 is 0 Å². The van der Waals surface area contributed by atoms with Crippen molar-refractivity contribution in [2.24, 2.45) is 0 Å². The first-order chi connectivity index (χ1) is 8.31. The molecule has 5 heteroatoms. The normalized spacial score (nSPS) is 13.6. The SMILES string of the molecule is CCc1nnc2n1CNC(=O)c1ccccc1-2. The van der Waals surface area contributed by atoms with Gasteiger partial charge in [-0.1, -0.05) is 25.1 Å². The quantitative estimate of drug-likeness (QED) is 0.798. The van der Waals surface area contributed by atoms with Crippen LogP contribution in [0.2, 0.25) is 0 Å². The van der Waals surface area contributed by atoms with Gasteiger partial charge in [0.15, 0.2) is 5.82 Å². The minimum absolute atomic E-state index is 0.0619. The second kappa shape index (κ2) is 3.69. The van der Waals surface area contributed by atoms with Crippen molar-refractivity contribution >= 4 is 5.91 Å². The monoisotopic (exact) mass is 228 g/mol. The van der Waals surface area contributed by atoms with Gasteiger partial charge < -0.3 is 5.32 Å². The average Bonchev–Trinajstić information content (AvgIpc) is 2.72. The molecule has 1 N–H and O–H groups in total. The molecule has 0 fully saturated rings. The molecule has 2 aromatic rings. The molecular formula is C12H12N4O. The van der Waals surface area contributed by atoms with Crippen LogP contribution in [-0.4, -0.2) is 20.7 Å². The molecule has 1 aromatic carbocycles. The van der Waals surface area contributed by atoms with Gasteiger partial charge in [0.2, 0.25) is 0 Å². The molecule has 1 aliphatic rings. The van der Waals surface area contributed by atoms with E-state index in [2.05, 4.69) is 15.5 Å². The zero-order valence-electron chi connectivity index (χ0n) is 9.47. The Morgan fingerprint density at radius 2 is 2.06 bits per heavy atom. The molecule has 0 bridgehead atoms. The fourth-order valence-electron chi connectivity index (χ4n) is 2.08. The number of fused-ring (bicyclic) bond motifs is 3. The van der Waals surface area contributed by atoms with Crippen molar-refractivity contribution in [3.8, 4) is 11.4 Å². The standard InChI is InChI=1S/C12H12N4O/c1-2-10-14-15-11-8-5-3-4-6-9(8)12(17)13-7-16(10)11/h3-6H,2,7H2,1H3,(H,13,17). The molecule has 0 aliphatic carbocycles. The van der Waals surface area contributed by atoms with Crippen LogP contribution in [0, 0.1) is 0 Å². The van der Waals surface area contributed by atoms with Gasteiger partial charge in [0, 0.05) is 12.0 Å². The highest BCUT2D eigenvalue weighted by atomic mass is 16.1. The zero-order valence-corrected chi connectivity index (χ0v) is 9.47. The lowest BCUT2D eigenvalue weighted by Crippen LogP contribution is -2.24. The third kappa shape index (κ3) is 1.43. The lowest BCUT2D eigenvalue weighted by molar-refractivity contribution is 0.0945. The summed E-state index contributed by atoms with van der Waals surface area (Å²) < 4.78 is 1.95. The first-order valence-electron chi connectivity index (χ1n) is 5.61. The van der Waals surface area contributed by atoms with Gasteiger partial charge in [0.05, 0.1) is 12.2 Å². The van der Waals surface area contributed by atoms with Crippen LogP contribution in [0.1, 0.15) is 23.1 Å². The maximum absolute atomic E-state index is 11.9. The van der Waals surface area contributed by atoms with Gasteiger partial charge in [-0.05, 0) is 6.07 Å².